The predicted octanol–water partition coefficient (Wildman–Crippen LogP) is 4.26. The Morgan fingerprint density at radius 1 is 1.07 bits per heavy atom. The number of fused-ring (bicyclic) bond motifs is 4. The lowest BCUT2D eigenvalue weighted by atomic mass is 9.71. The molecule has 158 valence electrons. The largest absolute Gasteiger partial charge is 0.508 e. The van der Waals surface area contributed by atoms with E-state index in [-0.39, 0.29) is 11.7 Å². The number of rotatable bonds is 3. The van der Waals surface area contributed by atoms with Crippen molar-refractivity contribution in [2.45, 2.75) is 51.1 Å². The first kappa shape index (κ1) is 19.6. The molecular weight excluding hydrogens is 372 g/mol. The van der Waals surface area contributed by atoms with E-state index in [4.69, 9.17) is 0 Å². The molecule has 4 heteroatoms. The predicted molar refractivity (Wildman–Crippen MR) is 119 cm³/mol. The van der Waals surface area contributed by atoms with Crippen LogP contribution in [0.4, 0.5) is 0 Å². The van der Waals surface area contributed by atoms with Crippen LogP contribution >= 0.6 is 0 Å². The van der Waals surface area contributed by atoms with Crippen LogP contribution in [0.1, 0.15) is 47.2 Å². The molecule has 0 spiro atoms. The van der Waals surface area contributed by atoms with Gasteiger partial charge in [-0.15, -0.1) is 0 Å². The summed E-state index contributed by atoms with van der Waals surface area (Å²) in [5.41, 5.74) is 2.87. The Hall–Kier alpha value is -2.33. The molecular formula is C26H32N2O2. The Balaban J connectivity index is 1.41. The van der Waals surface area contributed by atoms with E-state index in [0.717, 1.165) is 25.1 Å². The van der Waals surface area contributed by atoms with E-state index in [1.54, 1.807) is 12.1 Å². The average molecular weight is 405 g/mol. The maximum Gasteiger partial charge on any atom is 0.253 e. The summed E-state index contributed by atoms with van der Waals surface area (Å²) in [5.74, 6) is 1.48. The molecule has 0 radical (unpaired) electrons. The number of amides is 1. The van der Waals surface area contributed by atoms with Crippen LogP contribution < -0.4 is 0 Å². The minimum atomic E-state index is 0.121. The molecule has 0 aromatic heterocycles. The Morgan fingerprint density at radius 2 is 1.87 bits per heavy atom. The lowest BCUT2D eigenvalue weighted by molar-refractivity contribution is -0.0642. The minimum absolute atomic E-state index is 0.121. The number of hydrogen-bond acceptors (Lipinski definition) is 3. The Bertz CT molecular complexity index is 913. The van der Waals surface area contributed by atoms with Gasteiger partial charge in [-0.05, 0) is 80.3 Å². The van der Waals surface area contributed by atoms with Gasteiger partial charge in [-0.3, -0.25) is 9.69 Å². The van der Waals surface area contributed by atoms with Crippen molar-refractivity contribution in [1.82, 2.24) is 9.80 Å². The van der Waals surface area contributed by atoms with Gasteiger partial charge in [0.15, 0.2) is 0 Å². The van der Waals surface area contributed by atoms with Gasteiger partial charge in [-0.25, -0.2) is 0 Å². The van der Waals surface area contributed by atoms with Gasteiger partial charge in [0.25, 0.3) is 5.91 Å². The quantitative estimate of drug-likeness (QED) is 0.831. The number of benzene rings is 2. The third kappa shape index (κ3) is 3.62. The molecule has 1 amide bonds. The average Bonchev–Trinajstić information content (AvgIpc) is 2.78. The fourth-order valence-corrected chi connectivity index (χ4v) is 6.18. The second-order valence-corrected chi connectivity index (χ2v) is 9.53. The summed E-state index contributed by atoms with van der Waals surface area (Å²) < 4.78 is 0. The fourth-order valence-electron chi connectivity index (χ4n) is 6.18. The van der Waals surface area contributed by atoms with Gasteiger partial charge in [0, 0.05) is 30.7 Å². The molecule has 0 unspecified atom stereocenters. The molecule has 0 aliphatic carbocycles. The summed E-state index contributed by atoms with van der Waals surface area (Å²) in [6.45, 7) is 4.78. The van der Waals surface area contributed by atoms with Crippen molar-refractivity contribution in [1.29, 1.82) is 0 Å². The van der Waals surface area contributed by atoms with Crippen molar-refractivity contribution in [2.75, 3.05) is 19.6 Å². The van der Waals surface area contributed by atoms with E-state index in [9.17, 15) is 9.90 Å². The highest BCUT2D eigenvalue weighted by atomic mass is 16.3. The number of nitrogens with zero attached hydrogens (tertiary/aromatic N) is 2. The number of phenolic OH excluding ortho intramolecular Hbond substituents is 1. The van der Waals surface area contributed by atoms with Gasteiger partial charge in [-0.2, -0.15) is 0 Å². The summed E-state index contributed by atoms with van der Waals surface area (Å²) in [5, 5.41) is 9.84. The molecule has 3 heterocycles. The van der Waals surface area contributed by atoms with Crippen molar-refractivity contribution in [3.05, 3.63) is 65.2 Å². The van der Waals surface area contributed by atoms with E-state index in [1.165, 1.54) is 37.8 Å². The molecule has 0 saturated carbocycles. The van der Waals surface area contributed by atoms with Crippen LogP contribution in [0.25, 0.3) is 0 Å². The molecule has 30 heavy (non-hydrogen) atoms. The molecule has 2 aromatic carbocycles. The lowest BCUT2D eigenvalue weighted by Crippen LogP contribution is -2.64. The summed E-state index contributed by atoms with van der Waals surface area (Å²) >= 11 is 0. The third-order valence-corrected chi connectivity index (χ3v) is 7.64. The van der Waals surface area contributed by atoms with Crippen LogP contribution in [0, 0.1) is 18.8 Å². The van der Waals surface area contributed by atoms with Gasteiger partial charge in [0.1, 0.15) is 5.75 Å². The van der Waals surface area contributed by atoms with Crippen molar-refractivity contribution in [2.24, 2.45) is 11.8 Å². The number of hydrogen-bond donors (Lipinski definition) is 1. The highest BCUT2D eigenvalue weighted by Crippen LogP contribution is 2.42. The van der Waals surface area contributed by atoms with E-state index in [2.05, 4.69) is 40.1 Å². The molecule has 3 aliphatic rings. The topological polar surface area (TPSA) is 43.8 Å². The normalized spacial score (nSPS) is 28.8. The maximum absolute atomic E-state index is 13.4. The number of aryl methyl sites for hydroxylation is 1. The molecule has 3 fully saturated rings. The number of piperidine rings is 3. The summed E-state index contributed by atoms with van der Waals surface area (Å²) in [7, 11) is 0. The van der Waals surface area contributed by atoms with Crippen molar-refractivity contribution in [3.8, 4) is 5.75 Å². The van der Waals surface area contributed by atoms with Crippen LogP contribution in [-0.2, 0) is 6.42 Å². The van der Waals surface area contributed by atoms with Gasteiger partial charge in [0.05, 0.1) is 0 Å². The first-order valence-corrected chi connectivity index (χ1v) is 11.5. The number of likely N-dealkylation sites (tertiary alicyclic amines) is 1. The summed E-state index contributed by atoms with van der Waals surface area (Å²) in [4.78, 5) is 18.3. The smallest absolute Gasteiger partial charge is 0.253 e. The van der Waals surface area contributed by atoms with Gasteiger partial charge in [-0.1, -0.05) is 36.8 Å². The van der Waals surface area contributed by atoms with Crippen LogP contribution in [0.15, 0.2) is 48.5 Å². The van der Waals surface area contributed by atoms with Gasteiger partial charge in [0.2, 0.25) is 0 Å². The number of carbonyl (C=O) groups excluding carboxylic acids is 1. The molecule has 2 aromatic rings. The first-order valence-electron chi connectivity index (χ1n) is 11.5. The van der Waals surface area contributed by atoms with Crippen molar-refractivity contribution >= 4 is 5.91 Å². The zero-order valence-corrected chi connectivity index (χ0v) is 17.8. The van der Waals surface area contributed by atoms with Crippen LogP contribution in [-0.4, -0.2) is 52.5 Å². The van der Waals surface area contributed by atoms with E-state index in [1.807, 2.05) is 13.0 Å². The monoisotopic (exact) mass is 404 g/mol. The second kappa shape index (κ2) is 8.07. The highest BCUT2D eigenvalue weighted by Gasteiger charge is 2.47. The number of aromatic hydroxyl groups is 1. The molecule has 4 atom stereocenters. The van der Waals surface area contributed by atoms with Gasteiger partial charge < -0.3 is 10.0 Å². The van der Waals surface area contributed by atoms with Crippen LogP contribution in [0.2, 0.25) is 0 Å². The zero-order valence-electron chi connectivity index (χ0n) is 17.8. The van der Waals surface area contributed by atoms with Gasteiger partial charge >= 0.3 is 0 Å². The van der Waals surface area contributed by atoms with Crippen LogP contribution in [0.5, 0.6) is 5.75 Å². The Kier molecular flexibility index (Phi) is 5.28. The lowest BCUT2D eigenvalue weighted by Gasteiger charge is -2.57. The molecule has 2 bridgehead atoms. The summed E-state index contributed by atoms with van der Waals surface area (Å²) in [6, 6.07) is 17.2. The highest BCUT2D eigenvalue weighted by molar-refractivity contribution is 5.94. The van der Waals surface area contributed by atoms with Crippen LogP contribution in [0.3, 0.4) is 0 Å². The number of carbonyl (C=O) groups is 1. The Labute approximate surface area is 179 Å². The minimum Gasteiger partial charge on any atom is -0.508 e. The third-order valence-electron chi connectivity index (χ3n) is 7.64. The fraction of sp³-hybridized carbons (Fsp3) is 0.500. The molecule has 3 saturated heterocycles. The SMILES string of the molecule is Cc1cc(C(=O)N2C[C@H]3C[C@@H](C2)[C@H](Cc2ccccc2)N2CCCC[C@@H]32)ccc1O. The van der Waals surface area contributed by atoms with E-state index in [0.29, 0.717) is 29.5 Å². The maximum atomic E-state index is 13.4. The number of phenols is 1. The second-order valence-electron chi connectivity index (χ2n) is 9.53. The molecule has 5 rings (SSSR count). The zero-order chi connectivity index (χ0) is 20.7. The van der Waals surface area contributed by atoms with E-state index >= 15 is 0 Å². The Morgan fingerprint density at radius 3 is 2.67 bits per heavy atom. The first-order chi connectivity index (χ1) is 14.6. The van der Waals surface area contributed by atoms with Crippen molar-refractivity contribution < 1.29 is 9.90 Å². The standard InChI is InChI=1S/C26H32N2O2/c1-18-13-20(10-11-25(18)29)26(30)27-16-21-15-22(17-27)24(14-19-7-3-2-4-8-19)28-12-6-5-9-23(21)28/h2-4,7-8,10-11,13,21-24,29H,5-6,9,12,14-17H2,1H3/t21-,22+,23+,24+/m1/s1. The van der Waals surface area contributed by atoms with E-state index < -0.39 is 0 Å². The molecule has 3 aliphatic heterocycles. The molecule has 4 nitrogen and oxygen atoms in total. The van der Waals surface area contributed by atoms with Crippen molar-refractivity contribution in [3.63, 3.8) is 0 Å². The molecule has 1 N–H and O–H groups in total. The summed E-state index contributed by atoms with van der Waals surface area (Å²) in [6.07, 6.45) is 6.21.